The van der Waals surface area contributed by atoms with Gasteiger partial charge in [-0.25, -0.2) is 0 Å². The largest absolute Gasteiger partial charge is 0.336 e. The van der Waals surface area contributed by atoms with Gasteiger partial charge in [0.05, 0.1) is 17.3 Å². The van der Waals surface area contributed by atoms with E-state index in [2.05, 4.69) is 15.0 Å². The average Bonchev–Trinajstić information content (AvgIpc) is 3.06. The molecule has 2 fully saturated rings. The van der Waals surface area contributed by atoms with E-state index >= 15 is 0 Å². The molecule has 8 nitrogen and oxygen atoms in total. The summed E-state index contributed by atoms with van der Waals surface area (Å²) in [7, 11) is 1.88. The van der Waals surface area contributed by atoms with Crippen LogP contribution >= 0.6 is 0 Å². The Morgan fingerprint density at radius 2 is 1.90 bits per heavy atom. The minimum Gasteiger partial charge on any atom is -0.336 e. The van der Waals surface area contributed by atoms with E-state index in [4.69, 9.17) is 0 Å². The summed E-state index contributed by atoms with van der Waals surface area (Å²) in [6, 6.07) is 5.46. The van der Waals surface area contributed by atoms with Gasteiger partial charge in [0.1, 0.15) is 5.82 Å². The molecule has 4 rings (SSSR count). The van der Waals surface area contributed by atoms with Crippen LogP contribution in [0.1, 0.15) is 34.6 Å². The second-order valence-corrected chi connectivity index (χ2v) is 7.88. The van der Waals surface area contributed by atoms with Crippen LogP contribution in [0.4, 0.5) is 5.82 Å². The monoisotopic (exact) mass is 396 g/mol. The molecular weight excluding hydrogens is 368 g/mol. The summed E-state index contributed by atoms with van der Waals surface area (Å²) < 4.78 is 1.78. The Morgan fingerprint density at radius 1 is 1.14 bits per heavy atom. The van der Waals surface area contributed by atoms with E-state index in [1.807, 2.05) is 42.8 Å². The average molecular weight is 396 g/mol. The van der Waals surface area contributed by atoms with E-state index in [-0.39, 0.29) is 17.9 Å². The van der Waals surface area contributed by atoms with Gasteiger partial charge in [-0.1, -0.05) is 0 Å². The fraction of sp³-hybridized carbons (Fsp3) is 0.524. The molecular formula is C21H28N6O2. The lowest BCUT2D eigenvalue weighted by Gasteiger charge is -2.42. The van der Waals surface area contributed by atoms with Gasteiger partial charge in [0.15, 0.2) is 0 Å². The Labute approximate surface area is 171 Å². The number of nitrogens with zero attached hydrogens (tertiary/aromatic N) is 6. The fourth-order valence-electron chi connectivity index (χ4n) is 4.39. The summed E-state index contributed by atoms with van der Waals surface area (Å²) >= 11 is 0. The smallest absolute Gasteiger partial charge is 0.255 e. The molecule has 0 aromatic carbocycles. The maximum absolute atomic E-state index is 13.2. The number of hydrogen-bond donors (Lipinski definition) is 0. The summed E-state index contributed by atoms with van der Waals surface area (Å²) in [5, 5.41) is 4.38. The maximum atomic E-state index is 13.2. The molecule has 0 saturated carbocycles. The van der Waals surface area contributed by atoms with E-state index in [1.165, 1.54) is 0 Å². The Bertz CT molecular complexity index is 916. The third-order valence-corrected chi connectivity index (χ3v) is 5.94. The number of rotatable bonds is 3. The summed E-state index contributed by atoms with van der Waals surface area (Å²) in [5.41, 5.74) is 2.33. The van der Waals surface area contributed by atoms with Crippen molar-refractivity contribution in [3.05, 3.63) is 41.3 Å². The Balaban J connectivity index is 1.42. The van der Waals surface area contributed by atoms with Crippen LogP contribution in [0.25, 0.3) is 0 Å². The van der Waals surface area contributed by atoms with Crippen LogP contribution in [0, 0.1) is 13.8 Å². The zero-order chi connectivity index (χ0) is 20.5. The molecule has 2 amide bonds. The van der Waals surface area contributed by atoms with Crippen molar-refractivity contribution in [2.45, 2.75) is 32.7 Å². The lowest BCUT2D eigenvalue weighted by molar-refractivity contribution is -0.126. The number of carbonyl (C=O) groups excluding carboxylic acids is 2. The minimum atomic E-state index is -0.128. The van der Waals surface area contributed by atoms with Crippen LogP contribution in [0.15, 0.2) is 24.4 Å². The summed E-state index contributed by atoms with van der Waals surface area (Å²) in [5.74, 6) is 1.03. The van der Waals surface area contributed by atoms with Crippen molar-refractivity contribution in [2.75, 3.05) is 37.6 Å². The lowest BCUT2D eigenvalue weighted by Crippen LogP contribution is -2.58. The zero-order valence-electron chi connectivity index (χ0n) is 17.3. The molecule has 0 N–H and O–H groups in total. The molecule has 2 aliphatic rings. The molecule has 29 heavy (non-hydrogen) atoms. The van der Waals surface area contributed by atoms with Crippen LogP contribution in [-0.4, -0.2) is 75.1 Å². The van der Waals surface area contributed by atoms with Gasteiger partial charge in [0.25, 0.3) is 5.91 Å². The molecule has 0 bridgehead atoms. The number of pyridine rings is 1. The summed E-state index contributed by atoms with van der Waals surface area (Å²) in [6.07, 6.45) is 3.53. The molecule has 0 aliphatic carbocycles. The first-order valence-electron chi connectivity index (χ1n) is 10.2. The predicted molar refractivity (Wildman–Crippen MR) is 110 cm³/mol. The highest BCUT2D eigenvalue weighted by molar-refractivity contribution is 5.97. The molecule has 0 spiro atoms. The van der Waals surface area contributed by atoms with Gasteiger partial charge in [-0.05, 0) is 38.8 Å². The molecule has 2 saturated heterocycles. The Hall–Kier alpha value is -2.74. The highest BCUT2D eigenvalue weighted by Crippen LogP contribution is 2.25. The zero-order valence-corrected chi connectivity index (χ0v) is 17.3. The highest BCUT2D eigenvalue weighted by Gasteiger charge is 2.37. The molecule has 4 heterocycles. The molecule has 1 atom stereocenters. The van der Waals surface area contributed by atoms with E-state index < -0.39 is 0 Å². The van der Waals surface area contributed by atoms with Gasteiger partial charge >= 0.3 is 0 Å². The number of hydrogen-bond acceptors (Lipinski definition) is 5. The number of piperazine rings is 1. The lowest BCUT2D eigenvalue weighted by atomic mass is 10.0. The number of anilines is 1. The normalized spacial score (nSPS) is 20.9. The molecule has 2 aromatic rings. The number of carbonyl (C=O) groups is 2. The molecule has 8 heteroatoms. The van der Waals surface area contributed by atoms with Crippen molar-refractivity contribution in [3.63, 3.8) is 0 Å². The van der Waals surface area contributed by atoms with Crippen molar-refractivity contribution < 1.29 is 9.59 Å². The highest BCUT2D eigenvalue weighted by atomic mass is 16.2. The van der Waals surface area contributed by atoms with Crippen LogP contribution in [0.5, 0.6) is 0 Å². The van der Waals surface area contributed by atoms with E-state index in [0.717, 1.165) is 36.6 Å². The van der Waals surface area contributed by atoms with Crippen molar-refractivity contribution in [1.82, 2.24) is 24.6 Å². The summed E-state index contributed by atoms with van der Waals surface area (Å²) in [6.45, 7) is 7.20. The second-order valence-electron chi connectivity index (χ2n) is 7.88. The van der Waals surface area contributed by atoms with Crippen molar-refractivity contribution >= 4 is 17.6 Å². The molecule has 154 valence electrons. The molecule has 0 radical (unpaired) electrons. The standard InChI is InChI=1S/C21H28N6O2/c1-15-14-19(24(3)23-15)27-9-5-7-18(21(27)29)25-10-12-26(13-11-25)20(28)17-6-4-8-22-16(17)2/h4,6,8,14,18H,5,7,9-13H2,1-3H3/t18-/m1/s1. The first-order valence-corrected chi connectivity index (χ1v) is 10.2. The van der Waals surface area contributed by atoms with Gasteiger partial charge in [0.2, 0.25) is 5.91 Å². The SMILES string of the molecule is Cc1cc(N2CCC[C@@H](N3CCN(C(=O)c4cccnc4C)CC3)C2=O)n(C)n1. The fourth-order valence-corrected chi connectivity index (χ4v) is 4.39. The minimum absolute atomic E-state index is 0.0252. The Morgan fingerprint density at radius 3 is 2.55 bits per heavy atom. The third kappa shape index (κ3) is 3.76. The van der Waals surface area contributed by atoms with Gasteiger partial charge < -0.3 is 4.90 Å². The molecule has 0 unspecified atom stereocenters. The third-order valence-electron chi connectivity index (χ3n) is 5.94. The molecule has 2 aliphatic heterocycles. The van der Waals surface area contributed by atoms with Crippen LogP contribution in [-0.2, 0) is 11.8 Å². The first kappa shape index (κ1) is 19.6. The number of piperidine rings is 1. The maximum Gasteiger partial charge on any atom is 0.255 e. The number of aromatic nitrogens is 3. The number of amides is 2. The van der Waals surface area contributed by atoms with Gasteiger partial charge in [-0.15, -0.1) is 0 Å². The van der Waals surface area contributed by atoms with Crippen molar-refractivity contribution in [1.29, 1.82) is 0 Å². The summed E-state index contributed by atoms with van der Waals surface area (Å²) in [4.78, 5) is 36.2. The Kier molecular flexibility index (Phi) is 5.36. The number of aryl methyl sites for hydroxylation is 3. The van der Waals surface area contributed by atoms with Crippen LogP contribution in [0.3, 0.4) is 0 Å². The molecule has 2 aromatic heterocycles. The van der Waals surface area contributed by atoms with Crippen LogP contribution < -0.4 is 4.90 Å². The van der Waals surface area contributed by atoms with E-state index in [0.29, 0.717) is 31.7 Å². The quantitative estimate of drug-likeness (QED) is 0.784. The predicted octanol–water partition coefficient (Wildman–Crippen LogP) is 1.39. The van der Waals surface area contributed by atoms with Crippen LogP contribution in [0.2, 0.25) is 0 Å². The second kappa shape index (κ2) is 7.94. The first-order chi connectivity index (χ1) is 14.0. The van der Waals surface area contributed by atoms with Gasteiger partial charge in [0, 0.05) is 57.7 Å². The topological polar surface area (TPSA) is 74.6 Å². The van der Waals surface area contributed by atoms with E-state index in [1.54, 1.807) is 16.9 Å². The van der Waals surface area contributed by atoms with Gasteiger partial charge in [-0.2, -0.15) is 5.10 Å². The van der Waals surface area contributed by atoms with Crippen molar-refractivity contribution in [3.8, 4) is 0 Å². The van der Waals surface area contributed by atoms with E-state index in [9.17, 15) is 9.59 Å². The van der Waals surface area contributed by atoms with Crippen molar-refractivity contribution in [2.24, 2.45) is 7.05 Å². The van der Waals surface area contributed by atoms with Gasteiger partial charge in [-0.3, -0.25) is 29.1 Å².